The highest BCUT2D eigenvalue weighted by Gasteiger charge is 2.25. The Labute approximate surface area is 187 Å². The number of hydrogen-bond donors (Lipinski definition) is 0. The van der Waals surface area contributed by atoms with E-state index in [0.717, 1.165) is 41.2 Å². The molecule has 0 spiro atoms. The van der Waals surface area contributed by atoms with Gasteiger partial charge in [0.15, 0.2) is 5.82 Å². The molecule has 0 aromatic carbocycles. The summed E-state index contributed by atoms with van der Waals surface area (Å²) in [7, 11) is 0. The zero-order valence-electron chi connectivity index (χ0n) is 17.7. The van der Waals surface area contributed by atoms with E-state index in [1.807, 2.05) is 46.0 Å². The molecule has 3 aromatic heterocycles. The van der Waals surface area contributed by atoms with Crippen LogP contribution in [0.5, 0.6) is 5.88 Å². The number of rotatable bonds is 5. The van der Waals surface area contributed by atoms with Gasteiger partial charge in [-0.15, -0.1) is 0 Å². The second-order valence-electron chi connectivity index (χ2n) is 6.71. The number of fused-ring (bicyclic) bond motifs is 1. The molecule has 30 heavy (non-hydrogen) atoms. The average Bonchev–Trinajstić information content (AvgIpc) is 2.76. The molecule has 0 saturated carbocycles. The van der Waals surface area contributed by atoms with E-state index in [1.165, 1.54) is 0 Å². The van der Waals surface area contributed by atoms with E-state index in [4.69, 9.17) is 26.3 Å². The molecule has 0 bridgehead atoms. The molecular weight excluding hydrogens is 418 g/mol. The third-order valence-electron chi connectivity index (χ3n) is 4.19. The van der Waals surface area contributed by atoms with E-state index >= 15 is 0 Å². The molecule has 1 aliphatic rings. The Morgan fingerprint density at radius 3 is 2.63 bits per heavy atom. The van der Waals surface area contributed by atoms with Gasteiger partial charge in [-0.1, -0.05) is 25.4 Å². The van der Waals surface area contributed by atoms with Gasteiger partial charge in [0.25, 0.3) is 0 Å². The van der Waals surface area contributed by atoms with Gasteiger partial charge < -0.3 is 4.74 Å². The third kappa shape index (κ3) is 5.68. The molecule has 6 nitrogen and oxygen atoms in total. The van der Waals surface area contributed by atoms with Crippen molar-refractivity contribution >= 4 is 23.5 Å². The Kier molecular flexibility index (Phi) is 8.01. The van der Waals surface area contributed by atoms with Crippen LogP contribution in [0.2, 0.25) is 5.15 Å². The van der Waals surface area contributed by atoms with Crippen LogP contribution in [0.1, 0.15) is 39.0 Å². The molecule has 3 aromatic rings. The standard InChI is InChI=1S/C20H20ClN5OS.C2H6/c1-13(2)27-20-16-12-26(28-15-4-3-8-22-11-15)9-7-17(16)24-19(25-20)14-5-6-18(21)23-10-14;1-2/h3-6,8,10-11,13H,7,9,12H2,1-2H3;1-2H3. The maximum Gasteiger partial charge on any atom is 0.222 e. The van der Waals surface area contributed by atoms with Crippen molar-refractivity contribution in [2.45, 2.75) is 51.7 Å². The first-order valence-corrected chi connectivity index (χ1v) is 11.2. The Bertz CT molecular complexity index is 954. The number of pyridine rings is 2. The molecule has 0 saturated heterocycles. The third-order valence-corrected chi connectivity index (χ3v) is 5.43. The minimum atomic E-state index is 0.0246. The molecule has 0 unspecified atom stereocenters. The van der Waals surface area contributed by atoms with Crippen molar-refractivity contribution in [2.24, 2.45) is 0 Å². The first kappa shape index (κ1) is 22.5. The average molecular weight is 444 g/mol. The van der Waals surface area contributed by atoms with E-state index < -0.39 is 0 Å². The summed E-state index contributed by atoms with van der Waals surface area (Å²) in [6.07, 6.45) is 6.20. The summed E-state index contributed by atoms with van der Waals surface area (Å²) in [5, 5.41) is 0.448. The van der Waals surface area contributed by atoms with Crippen LogP contribution in [0.25, 0.3) is 11.4 Å². The lowest BCUT2D eigenvalue weighted by molar-refractivity contribution is 0.226. The van der Waals surface area contributed by atoms with Gasteiger partial charge in [-0.2, -0.15) is 4.98 Å². The molecule has 1 aliphatic heterocycles. The topological polar surface area (TPSA) is 64.0 Å². The van der Waals surface area contributed by atoms with Crippen molar-refractivity contribution in [2.75, 3.05) is 6.54 Å². The van der Waals surface area contributed by atoms with Gasteiger partial charge in [-0.3, -0.25) is 4.98 Å². The number of aromatic nitrogens is 4. The maximum absolute atomic E-state index is 6.05. The molecule has 0 fully saturated rings. The molecule has 0 amide bonds. The van der Waals surface area contributed by atoms with Crippen LogP contribution < -0.4 is 4.74 Å². The summed E-state index contributed by atoms with van der Waals surface area (Å²) in [5.74, 6) is 1.26. The largest absolute Gasteiger partial charge is 0.475 e. The van der Waals surface area contributed by atoms with E-state index in [0.29, 0.717) is 16.9 Å². The Hall–Kier alpha value is -2.22. The highest BCUT2D eigenvalue weighted by atomic mass is 35.5. The highest BCUT2D eigenvalue weighted by Crippen LogP contribution is 2.33. The van der Waals surface area contributed by atoms with Crippen LogP contribution in [0, 0.1) is 0 Å². The van der Waals surface area contributed by atoms with Crippen molar-refractivity contribution < 1.29 is 4.74 Å². The molecule has 4 rings (SSSR count). The highest BCUT2D eigenvalue weighted by molar-refractivity contribution is 7.97. The molecular formula is C22H26ClN5OS. The van der Waals surface area contributed by atoms with Crippen LogP contribution in [-0.2, 0) is 13.0 Å². The molecule has 0 aliphatic carbocycles. The predicted molar refractivity (Wildman–Crippen MR) is 122 cm³/mol. The minimum absolute atomic E-state index is 0.0246. The lowest BCUT2D eigenvalue weighted by atomic mass is 10.1. The summed E-state index contributed by atoms with van der Waals surface area (Å²) >= 11 is 7.60. The first-order valence-electron chi connectivity index (χ1n) is 10.1. The second-order valence-corrected chi connectivity index (χ2v) is 8.26. The normalized spacial score (nSPS) is 13.4. The van der Waals surface area contributed by atoms with E-state index in [-0.39, 0.29) is 6.10 Å². The monoisotopic (exact) mass is 443 g/mol. The van der Waals surface area contributed by atoms with Crippen LogP contribution in [-0.4, -0.2) is 36.9 Å². The first-order chi connectivity index (χ1) is 14.6. The summed E-state index contributed by atoms with van der Waals surface area (Å²) in [6.45, 7) is 9.62. The van der Waals surface area contributed by atoms with Gasteiger partial charge >= 0.3 is 0 Å². The van der Waals surface area contributed by atoms with Crippen LogP contribution in [0.15, 0.2) is 47.8 Å². The second kappa shape index (κ2) is 10.7. The fourth-order valence-electron chi connectivity index (χ4n) is 2.95. The number of halogens is 1. The van der Waals surface area contributed by atoms with Gasteiger partial charge in [0.2, 0.25) is 5.88 Å². The summed E-state index contributed by atoms with van der Waals surface area (Å²) in [5.41, 5.74) is 2.90. The zero-order chi connectivity index (χ0) is 21.5. The van der Waals surface area contributed by atoms with Crippen molar-refractivity contribution in [1.82, 2.24) is 24.2 Å². The fraction of sp³-hybridized carbons (Fsp3) is 0.364. The lowest BCUT2D eigenvalue weighted by Crippen LogP contribution is -2.27. The lowest BCUT2D eigenvalue weighted by Gasteiger charge is -2.28. The van der Waals surface area contributed by atoms with Crippen molar-refractivity contribution in [3.05, 3.63) is 59.3 Å². The molecule has 4 heterocycles. The summed E-state index contributed by atoms with van der Waals surface area (Å²) < 4.78 is 8.34. The Morgan fingerprint density at radius 1 is 1.13 bits per heavy atom. The maximum atomic E-state index is 6.05. The smallest absolute Gasteiger partial charge is 0.222 e. The Balaban J connectivity index is 0.00000124. The van der Waals surface area contributed by atoms with Gasteiger partial charge in [-0.25, -0.2) is 14.3 Å². The number of ether oxygens (including phenoxy) is 1. The summed E-state index contributed by atoms with van der Waals surface area (Å²) in [4.78, 5) is 19.0. The Morgan fingerprint density at radius 2 is 1.97 bits per heavy atom. The van der Waals surface area contributed by atoms with Crippen molar-refractivity contribution in [1.29, 1.82) is 0 Å². The minimum Gasteiger partial charge on any atom is -0.475 e. The van der Waals surface area contributed by atoms with Gasteiger partial charge in [0.1, 0.15) is 5.15 Å². The SMILES string of the molecule is CC.CC(C)Oc1nc(-c2ccc(Cl)nc2)nc2c1CN(Sc1cccnc1)CC2. The molecule has 158 valence electrons. The van der Waals surface area contributed by atoms with Crippen LogP contribution >= 0.6 is 23.5 Å². The molecule has 0 atom stereocenters. The predicted octanol–water partition coefficient (Wildman–Crippen LogP) is 5.47. The van der Waals surface area contributed by atoms with Gasteiger partial charge in [0, 0.05) is 48.6 Å². The van der Waals surface area contributed by atoms with Crippen molar-refractivity contribution in [3.63, 3.8) is 0 Å². The number of nitrogens with zero attached hydrogens (tertiary/aromatic N) is 5. The van der Waals surface area contributed by atoms with E-state index in [1.54, 1.807) is 30.4 Å². The van der Waals surface area contributed by atoms with E-state index in [2.05, 4.69) is 20.3 Å². The fourth-order valence-corrected chi connectivity index (χ4v) is 3.98. The molecule has 0 radical (unpaired) electrons. The summed E-state index contributed by atoms with van der Waals surface area (Å²) in [6, 6.07) is 7.63. The zero-order valence-corrected chi connectivity index (χ0v) is 19.2. The number of hydrogen-bond acceptors (Lipinski definition) is 7. The van der Waals surface area contributed by atoms with Crippen LogP contribution in [0.4, 0.5) is 0 Å². The molecule has 8 heteroatoms. The van der Waals surface area contributed by atoms with Gasteiger partial charge in [0.05, 0.1) is 17.4 Å². The van der Waals surface area contributed by atoms with Gasteiger partial charge in [-0.05, 0) is 50.1 Å². The van der Waals surface area contributed by atoms with Crippen molar-refractivity contribution in [3.8, 4) is 17.3 Å². The molecule has 0 N–H and O–H groups in total. The van der Waals surface area contributed by atoms with E-state index in [9.17, 15) is 0 Å². The quantitative estimate of drug-likeness (QED) is 0.382. The van der Waals surface area contributed by atoms with Crippen LogP contribution in [0.3, 0.4) is 0 Å².